The molecule has 1 aromatic heterocycles. The maximum absolute atomic E-state index is 12.1. The molecule has 22 heavy (non-hydrogen) atoms. The third-order valence-corrected chi connectivity index (χ3v) is 3.65. The van der Waals surface area contributed by atoms with Crippen LogP contribution in [0.3, 0.4) is 0 Å². The fourth-order valence-corrected chi connectivity index (χ4v) is 2.41. The van der Waals surface area contributed by atoms with Crippen LogP contribution in [-0.2, 0) is 11.2 Å². The van der Waals surface area contributed by atoms with Gasteiger partial charge in [0.15, 0.2) is 0 Å². The number of non-ortho nitro benzene ring substituents is 1. The van der Waals surface area contributed by atoms with Crippen LogP contribution in [0.2, 0.25) is 0 Å². The van der Waals surface area contributed by atoms with Crippen molar-refractivity contribution in [3.8, 4) is 0 Å². The highest BCUT2D eigenvalue weighted by molar-refractivity contribution is 5.90. The van der Waals surface area contributed by atoms with E-state index in [2.05, 4.69) is 10.3 Å². The van der Waals surface area contributed by atoms with E-state index in [1.54, 1.807) is 12.3 Å². The molecule has 7 heteroatoms. The van der Waals surface area contributed by atoms with E-state index in [0.29, 0.717) is 11.8 Å². The number of hydrogen-bond acceptors (Lipinski definition) is 4. The van der Waals surface area contributed by atoms with Crippen LogP contribution in [-0.4, -0.2) is 33.6 Å². The first-order valence-electron chi connectivity index (χ1n) is 7.19. The fraction of sp³-hybridized carbons (Fsp3) is 0.400. The lowest BCUT2D eigenvalue weighted by molar-refractivity contribution is -0.384. The van der Waals surface area contributed by atoms with Gasteiger partial charge < -0.3 is 15.4 Å². The zero-order valence-electron chi connectivity index (χ0n) is 12.3. The molecule has 0 spiro atoms. The lowest BCUT2D eigenvalue weighted by Gasteiger charge is -2.15. The SMILES string of the molecule is CCC(CCO)NC(=O)Cc1c[nH]c2ccc([N+](=O)[O-])cc12. The van der Waals surface area contributed by atoms with E-state index in [0.717, 1.165) is 17.5 Å². The molecule has 0 aliphatic carbocycles. The maximum atomic E-state index is 12.1. The van der Waals surface area contributed by atoms with E-state index >= 15 is 0 Å². The number of aliphatic hydroxyl groups is 1. The topological polar surface area (TPSA) is 108 Å². The predicted octanol–water partition coefficient (Wildman–Crippen LogP) is 1.90. The van der Waals surface area contributed by atoms with Crippen LogP contribution in [0.5, 0.6) is 0 Å². The average molecular weight is 305 g/mol. The van der Waals surface area contributed by atoms with Gasteiger partial charge in [0.25, 0.3) is 5.69 Å². The number of nitrogens with zero attached hydrogens (tertiary/aromatic N) is 1. The summed E-state index contributed by atoms with van der Waals surface area (Å²) in [7, 11) is 0. The standard InChI is InChI=1S/C15H19N3O4/c1-2-11(5-6-19)17-15(20)7-10-9-16-14-4-3-12(18(21)22)8-13(10)14/h3-4,8-9,11,16,19H,2,5-7H2,1H3,(H,17,20). The lowest BCUT2D eigenvalue weighted by atomic mass is 10.1. The molecule has 0 saturated carbocycles. The molecule has 0 aliphatic heterocycles. The predicted molar refractivity (Wildman–Crippen MR) is 82.6 cm³/mol. The van der Waals surface area contributed by atoms with E-state index in [1.165, 1.54) is 12.1 Å². The zero-order chi connectivity index (χ0) is 16.1. The molecule has 7 nitrogen and oxygen atoms in total. The first kappa shape index (κ1) is 16.0. The molecule has 0 radical (unpaired) electrons. The third-order valence-electron chi connectivity index (χ3n) is 3.65. The number of fused-ring (bicyclic) bond motifs is 1. The number of nitrogens with one attached hydrogen (secondary N) is 2. The smallest absolute Gasteiger partial charge is 0.270 e. The number of aromatic nitrogens is 1. The molecule has 0 aliphatic rings. The maximum Gasteiger partial charge on any atom is 0.270 e. The van der Waals surface area contributed by atoms with Gasteiger partial charge in [0.1, 0.15) is 0 Å². The summed E-state index contributed by atoms with van der Waals surface area (Å²) >= 11 is 0. The highest BCUT2D eigenvalue weighted by Gasteiger charge is 2.15. The molecule has 0 bridgehead atoms. The molecular formula is C15H19N3O4. The summed E-state index contributed by atoms with van der Waals surface area (Å²) in [6, 6.07) is 4.48. The molecule has 1 atom stereocenters. The Morgan fingerprint density at radius 2 is 2.27 bits per heavy atom. The molecule has 2 rings (SSSR count). The number of carbonyl (C=O) groups is 1. The number of hydrogen-bond donors (Lipinski definition) is 3. The zero-order valence-corrected chi connectivity index (χ0v) is 12.3. The number of nitro groups is 1. The van der Waals surface area contributed by atoms with Crippen molar-refractivity contribution in [2.24, 2.45) is 0 Å². The first-order chi connectivity index (χ1) is 10.5. The quantitative estimate of drug-likeness (QED) is 0.536. The third kappa shape index (κ3) is 3.62. The van der Waals surface area contributed by atoms with Crippen molar-refractivity contribution in [1.29, 1.82) is 0 Å². The second kappa shape index (κ2) is 7.04. The minimum Gasteiger partial charge on any atom is -0.396 e. The van der Waals surface area contributed by atoms with Gasteiger partial charge in [-0.05, 0) is 24.5 Å². The van der Waals surface area contributed by atoms with Crippen molar-refractivity contribution in [3.05, 3.63) is 40.1 Å². The first-order valence-corrected chi connectivity index (χ1v) is 7.19. The molecule has 3 N–H and O–H groups in total. The van der Waals surface area contributed by atoms with Crippen LogP contribution in [0.15, 0.2) is 24.4 Å². The molecule has 118 valence electrons. The van der Waals surface area contributed by atoms with Crippen molar-refractivity contribution < 1.29 is 14.8 Å². The number of rotatable bonds is 7. The Kier molecular flexibility index (Phi) is 5.11. The summed E-state index contributed by atoms with van der Waals surface area (Å²) in [5.74, 6) is -0.160. The second-order valence-electron chi connectivity index (χ2n) is 5.16. The van der Waals surface area contributed by atoms with Gasteiger partial charge >= 0.3 is 0 Å². The Balaban J connectivity index is 2.15. The number of aliphatic hydroxyl groups excluding tert-OH is 1. The number of benzene rings is 1. The number of aromatic amines is 1. The van der Waals surface area contributed by atoms with E-state index in [1.807, 2.05) is 6.92 Å². The van der Waals surface area contributed by atoms with E-state index < -0.39 is 4.92 Å². The van der Waals surface area contributed by atoms with Gasteiger partial charge in [-0.3, -0.25) is 14.9 Å². The van der Waals surface area contributed by atoms with Gasteiger partial charge in [-0.2, -0.15) is 0 Å². The van der Waals surface area contributed by atoms with Gasteiger partial charge in [0.2, 0.25) is 5.91 Å². The Bertz CT molecular complexity index is 680. The van der Waals surface area contributed by atoms with Crippen molar-refractivity contribution in [2.45, 2.75) is 32.2 Å². The Morgan fingerprint density at radius 3 is 2.91 bits per heavy atom. The Labute approximate surface area is 127 Å². The molecule has 1 amide bonds. The largest absolute Gasteiger partial charge is 0.396 e. The Hall–Kier alpha value is -2.41. The summed E-state index contributed by atoms with van der Waals surface area (Å²) in [5, 5.41) is 23.3. The van der Waals surface area contributed by atoms with Crippen molar-refractivity contribution >= 4 is 22.5 Å². The molecule has 1 heterocycles. The average Bonchev–Trinajstić information content (AvgIpc) is 2.89. The molecule has 2 aromatic rings. The van der Waals surface area contributed by atoms with Crippen molar-refractivity contribution in [1.82, 2.24) is 10.3 Å². The van der Waals surface area contributed by atoms with Crippen LogP contribution >= 0.6 is 0 Å². The second-order valence-corrected chi connectivity index (χ2v) is 5.16. The molecule has 0 saturated heterocycles. The van der Waals surface area contributed by atoms with Gasteiger partial charge in [0.05, 0.1) is 11.3 Å². The minimum absolute atomic E-state index is 0.000438. The van der Waals surface area contributed by atoms with Crippen LogP contribution in [0, 0.1) is 10.1 Å². The minimum atomic E-state index is -0.454. The van der Waals surface area contributed by atoms with Gasteiger partial charge in [-0.25, -0.2) is 0 Å². The molecule has 0 fully saturated rings. The fourth-order valence-electron chi connectivity index (χ4n) is 2.41. The van der Waals surface area contributed by atoms with Gasteiger partial charge in [0, 0.05) is 41.9 Å². The summed E-state index contributed by atoms with van der Waals surface area (Å²) in [6.45, 7) is 1.97. The highest BCUT2D eigenvalue weighted by Crippen LogP contribution is 2.24. The number of amides is 1. The highest BCUT2D eigenvalue weighted by atomic mass is 16.6. The molecular weight excluding hydrogens is 286 g/mol. The van der Waals surface area contributed by atoms with E-state index in [-0.39, 0.29) is 30.7 Å². The van der Waals surface area contributed by atoms with Crippen LogP contribution in [0.25, 0.3) is 10.9 Å². The number of H-pyrrole nitrogens is 1. The van der Waals surface area contributed by atoms with Crippen molar-refractivity contribution in [2.75, 3.05) is 6.61 Å². The number of nitro benzene ring substituents is 1. The summed E-state index contributed by atoms with van der Waals surface area (Å²) < 4.78 is 0. The van der Waals surface area contributed by atoms with Crippen LogP contribution in [0.4, 0.5) is 5.69 Å². The normalized spacial score (nSPS) is 12.3. The Morgan fingerprint density at radius 1 is 1.50 bits per heavy atom. The van der Waals surface area contributed by atoms with Crippen molar-refractivity contribution in [3.63, 3.8) is 0 Å². The van der Waals surface area contributed by atoms with Gasteiger partial charge in [-0.1, -0.05) is 6.92 Å². The van der Waals surface area contributed by atoms with Gasteiger partial charge in [-0.15, -0.1) is 0 Å². The van der Waals surface area contributed by atoms with Crippen LogP contribution in [0.1, 0.15) is 25.3 Å². The summed E-state index contributed by atoms with van der Waals surface area (Å²) in [6.07, 6.45) is 3.09. The summed E-state index contributed by atoms with van der Waals surface area (Å²) in [5.41, 5.74) is 1.48. The van der Waals surface area contributed by atoms with E-state index in [4.69, 9.17) is 5.11 Å². The lowest BCUT2D eigenvalue weighted by Crippen LogP contribution is -2.36. The molecule has 1 unspecified atom stereocenters. The molecule has 1 aromatic carbocycles. The van der Waals surface area contributed by atoms with E-state index in [9.17, 15) is 14.9 Å². The monoisotopic (exact) mass is 305 g/mol. The summed E-state index contributed by atoms with van der Waals surface area (Å²) in [4.78, 5) is 25.5. The number of carbonyl (C=O) groups excluding carboxylic acids is 1. The van der Waals surface area contributed by atoms with Crippen LogP contribution < -0.4 is 5.32 Å².